The van der Waals surface area contributed by atoms with E-state index in [2.05, 4.69) is 10.3 Å². The molecule has 22 heavy (non-hydrogen) atoms. The Morgan fingerprint density at radius 3 is 2.73 bits per heavy atom. The van der Waals surface area contributed by atoms with Gasteiger partial charge in [0.15, 0.2) is 5.13 Å². The Bertz CT molecular complexity index is 678. The van der Waals surface area contributed by atoms with Gasteiger partial charge in [-0.15, -0.1) is 11.3 Å². The summed E-state index contributed by atoms with van der Waals surface area (Å²) in [6.07, 6.45) is 3.64. The van der Waals surface area contributed by atoms with Crippen molar-refractivity contribution < 1.29 is 13.2 Å². The highest BCUT2D eigenvalue weighted by molar-refractivity contribution is 7.89. The number of carbonyl (C=O) groups is 1. The molecule has 1 fully saturated rings. The zero-order valence-corrected chi connectivity index (χ0v) is 14.5. The lowest BCUT2D eigenvalue weighted by Gasteiger charge is -2.26. The third kappa shape index (κ3) is 2.91. The average Bonchev–Trinajstić information content (AvgIpc) is 2.77. The van der Waals surface area contributed by atoms with Crippen LogP contribution in [0, 0.1) is 5.92 Å². The smallest absolute Gasteiger partial charge is 0.229 e. The summed E-state index contributed by atoms with van der Waals surface area (Å²) in [7, 11) is -3.24. The lowest BCUT2D eigenvalue weighted by Crippen LogP contribution is -2.39. The lowest BCUT2D eigenvalue weighted by molar-refractivity contribution is -0.122. The van der Waals surface area contributed by atoms with Gasteiger partial charge < -0.3 is 5.32 Å². The summed E-state index contributed by atoms with van der Waals surface area (Å²) < 4.78 is 26.0. The number of thiazole rings is 1. The van der Waals surface area contributed by atoms with Crippen LogP contribution >= 0.6 is 11.3 Å². The molecule has 1 aliphatic heterocycles. The van der Waals surface area contributed by atoms with Gasteiger partial charge in [-0.1, -0.05) is 6.42 Å². The van der Waals surface area contributed by atoms with Crippen LogP contribution in [0.4, 0.5) is 5.13 Å². The van der Waals surface area contributed by atoms with Gasteiger partial charge in [-0.2, -0.15) is 4.31 Å². The van der Waals surface area contributed by atoms with E-state index in [9.17, 15) is 13.2 Å². The maximum absolute atomic E-state index is 12.3. The summed E-state index contributed by atoms with van der Waals surface area (Å²) in [6.45, 7) is 4.23. The molecule has 0 aromatic carbocycles. The first-order chi connectivity index (χ1) is 10.4. The summed E-state index contributed by atoms with van der Waals surface area (Å²) in [6, 6.07) is 0. The molecule has 1 N–H and O–H groups in total. The van der Waals surface area contributed by atoms with Crippen molar-refractivity contribution in [2.24, 2.45) is 5.92 Å². The normalized spacial score (nSPS) is 19.8. The van der Waals surface area contributed by atoms with E-state index in [0.29, 0.717) is 24.6 Å². The fourth-order valence-corrected chi connectivity index (χ4v) is 4.98. The first kappa shape index (κ1) is 15.9. The monoisotopic (exact) mass is 343 g/mol. The van der Waals surface area contributed by atoms with Crippen LogP contribution in [0.15, 0.2) is 0 Å². The van der Waals surface area contributed by atoms with E-state index in [1.165, 1.54) is 15.6 Å². The van der Waals surface area contributed by atoms with E-state index in [1.54, 1.807) is 13.8 Å². The summed E-state index contributed by atoms with van der Waals surface area (Å²) >= 11 is 1.40. The molecular formula is C14H21N3O3S2. The van der Waals surface area contributed by atoms with E-state index >= 15 is 0 Å². The summed E-state index contributed by atoms with van der Waals surface area (Å²) in [5.74, 6) is 0.169. The van der Waals surface area contributed by atoms with Crippen LogP contribution in [0.3, 0.4) is 0 Å². The maximum atomic E-state index is 12.3. The number of fused-ring (bicyclic) bond motifs is 1. The van der Waals surface area contributed by atoms with Crippen molar-refractivity contribution in [3.63, 3.8) is 0 Å². The van der Waals surface area contributed by atoms with Crippen LogP contribution in [-0.2, 0) is 27.8 Å². The molecule has 1 aliphatic carbocycles. The molecule has 1 aromatic heterocycles. The second kappa shape index (κ2) is 5.90. The highest BCUT2D eigenvalue weighted by Crippen LogP contribution is 2.32. The number of nitrogens with one attached hydrogen (secondary N) is 1. The zero-order valence-electron chi connectivity index (χ0n) is 12.8. The van der Waals surface area contributed by atoms with Gasteiger partial charge in [-0.3, -0.25) is 4.79 Å². The van der Waals surface area contributed by atoms with Gasteiger partial charge in [0.25, 0.3) is 0 Å². The predicted molar refractivity (Wildman–Crippen MR) is 86.3 cm³/mol. The molecular weight excluding hydrogens is 322 g/mol. The average molecular weight is 343 g/mol. The van der Waals surface area contributed by atoms with Gasteiger partial charge >= 0.3 is 0 Å². The van der Waals surface area contributed by atoms with Crippen LogP contribution in [-0.4, -0.2) is 35.4 Å². The second-order valence-corrected chi connectivity index (χ2v) is 9.76. The van der Waals surface area contributed by atoms with Crippen molar-refractivity contribution in [1.82, 2.24) is 9.29 Å². The first-order valence-electron chi connectivity index (χ1n) is 7.66. The van der Waals surface area contributed by atoms with Crippen molar-refractivity contribution in [2.75, 3.05) is 11.9 Å². The molecule has 1 aromatic rings. The quantitative estimate of drug-likeness (QED) is 0.906. The molecule has 0 saturated heterocycles. The number of anilines is 1. The Morgan fingerprint density at radius 1 is 1.41 bits per heavy atom. The molecule has 0 unspecified atom stereocenters. The lowest BCUT2D eigenvalue weighted by atomic mass is 9.85. The highest BCUT2D eigenvalue weighted by Gasteiger charge is 2.32. The van der Waals surface area contributed by atoms with Crippen molar-refractivity contribution in [3.05, 3.63) is 10.6 Å². The van der Waals surface area contributed by atoms with E-state index in [4.69, 9.17) is 0 Å². The van der Waals surface area contributed by atoms with Crippen LogP contribution < -0.4 is 5.32 Å². The van der Waals surface area contributed by atoms with E-state index in [1.807, 2.05) is 0 Å². The molecule has 122 valence electrons. The summed E-state index contributed by atoms with van der Waals surface area (Å²) in [5.41, 5.74) is 0.920. The molecule has 6 nitrogen and oxygen atoms in total. The van der Waals surface area contributed by atoms with Gasteiger partial charge in [0.1, 0.15) is 0 Å². The van der Waals surface area contributed by atoms with Crippen LogP contribution in [0.2, 0.25) is 0 Å². The van der Waals surface area contributed by atoms with Crippen molar-refractivity contribution in [2.45, 2.75) is 51.3 Å². The Morgan fingerprint density at radius 2 is 2.14 bits per heavy atom. The first-order valence-corrected chi connectivity index (χ1v) is 9.98. The number of nitrogens with zero attached hydrogens (tertiary/aromatic N) is 2. The third-order valence-corrected chi connectivity index (χ3v) is 7.58. The molecule has 0 radical (unpaired) electrons. The third-order valence-electron chi connectivity index (χ3n) is 4.36. The number of carbonyl (C=O) groups excluding carboxylic acids is 1. The minimum absolute atomic E-state index is 0.0454. The van der Waals surface area contributed by atoms with Crippen LogP contribution in [0.1, 0.15) is 43.7 Å². The van der Waals surface area contributed by atoms with Crippen molar-refractivity contribution in [1.29, 1.82) is 0 Å². The maximum Gasteiger partial charge on any atom is 0.229 e. The van der Waals surface area contributed by atoms with Gasteiger partial charge in [0, 0.05) is 30.3 Å². The second-order valence-electron chi connectivity index (χ2n) is 6.18. The van der Waals surface area contributed by atoms with E-state index in [-0.39, 0.29) is 11.8 Å². The van der Waals surface area contributed by atoms with E-state index < -0.39 is 15.3 Å². The van der Waals surface area contributed by atoms with Gasteiger partial charge in [-0.05, 0) is 26.7 Å². The molecule has 2 aliphatic rings. The predicted octanol–water partition coefficient (Wildman–Crippen LogP) is 1.98. The molecule has 8 heteroatoms. The summed E-state index contributed by atoms with van der Waals surface area (Å²) in [5, 5.41) is 3.06. The van der Waals surface area contributed by atoms with Gasteiger partial charge in [0.2, 0.25) is 15.9 Å². The Hall–Kier alpha value is -0.990. The minimum atomic E-state index is -3.24. The number of aromatic nitrogens is 1. The molecule has 3 rings (SSSR count). The molecule has 0 spiro atoms. The van der Waals surface area contributed by atoms with Crippen LogP contribution in [0.5, 0.6) is 0 Å². The molecule has 0 atom stereocenters. The standard InChI is InChI=1S/C14H21N3O3S2/c1-9(2)22(19,20)17-7-6-11-12(8-17)21-14(15-11)16-13(18)10-4-3-5-10/h9-10H,3-8H2,1-2H3,(H,15,16,18). The fourth-order valence-electron chi connectivity index (χ4n) is 2.62. The molecule has 1 saturated carbocycles. The molecule has 1 amide bonds. The number of hydrogen-bond donors (Lipinski definition) is 1. The number of rotatable bonds is 4. The molecule has 0 bridgehead atoms. The Labute approximate surface area is 135 Å². The van der Waals surface area contributed by atoms with Gasteiger partial charge in [-0.25, -0.2) is 13.4 Å². The van der Waals surface area contributed by atoms with Crippen molar-refractivity contribution in [3.8, 4) is 0 Å². The number of amides is 1. The highest BCUT2D eigenvalue weighted by atomic mass is 32.2. The molecule has 2 heterocycles. The largest absolute Gasteiger partial charge is 0.302 e. The Balaban J connectivity index is 1.71. The topological polar surface area (TPSA) is 79.4 Å². The van der Waals surface area contributed by atoms with Gasteiger partial charge in [0.05, 0.1) is 10.9 Å². The fraction of sp³-hybridized carbons (Fsp3) is 0.714. The minimum Gasteiger partial charge on any atom is -0.302 e. The number of hydrogen-bond acceptors (Lipinski definition) is 5. The van der Waals surface area contributed by atoms with E-state index in [0.717, 1.165) is 29.8 Å². The summed E-state index contributed by atoms with van der Waals surface area (Å²) in [4.78, 5) is 17.4. The zero-order chi connectivity index (χ0) is 15.9. The van der Waals surface area contributed by atoms with Crippen molar-refractivity contribution >= 4 is 32.4 Å². The Kier molecular flexibility index (Phi) is 4.26. The van der Waals surface area contributed by atoms with Crippen LogP contribution in [0.25, 0.3) is 0 Å². The SMILES string of the molecule is CC(C)S(=O)(=O)N1CCc2nc(NC(=O)C3CCC3)sc2C1. The number of sulfonamides is 1.